The third-order valence-electron chi connectivity index (χ3n) is 22.4. The van der Waals surface area contributed by atoms with Crippen LogP contribution in [0.4, 0.5) is 0 Å². The van der Waals surface area contributed by atoms with Crippen LogP contribution < -0.4 is 5.32 Å². The molecule has 20 atom stereocenters. The molecule has 0 radical (unpaired) electrons. The number of rotatable bonds is 10. The standard InChI is InChI=1S/C58H76N2O12/c1-53(2)46-45(64)47(65)57(37-11-7-10-33(23-37)22-32-8-5-4-6-9-32)44(56(46)30-69-52(67)55(51(56)72-53)19-14-34(26-55)28-61)15-18-54(3)48(70-50(66)49-58(54,57)71-49)39-17-21-68-43(39)25-40(42(63)29-62)35-12-13-38-36(24-35)16-20-60-31-59-27-41(38)60/h4-6,8-9,16-17,20-21,33-38,40-42,44,46-49,51,59,61-63,65H,7,10-15,18-19,22-31H2,1-3H3/t33-,34-,35-,36-,37+,38+,40+,41+,42-,44-,46-,47-,48+,49-,51+,54+,55+,56-,57+,58-/m1/s1. The van der Waals surface area contributed by atoms with Crippen LogP contribution in [0.5, 0.6) is 0 Å². The van der Waals surface area contributed by atoms with E-state index in [9.17, 15) is 25.2 Å². The molecule has 7 heterocycles. The van der Waals surface area contributed by atoms with Gasteiger partial charge in [-0.3, -0.25) is 14.9 Å². The van der Waals surface area contributed by atoms with Crippen LogP contribution >= 0.6 is 0 Å². The second kappa shape index (κ2) is 16.9. The highest BCUT2D eigenvalue weighted by Crippen LogP contribution is 2.83. The summed E-state index contributed by atoms with van der Waals surface area (Å²) in [5.74, 6) is -1.36. The van der Waals surface area contributed by atoms with Crippen LogP contribution in [-0.2, 0) is 46.2 Å². The summed E-state index contributed by atoms with van der Waals surface area (Å²) in [5, 5.41) is 50.1. The number of epoxide rings is 1. The molecule has 0 bridgehead atoms. The Kier molecular flexibility index (Phi) is 11.3. The minimum Gasteiger partial charge on any atom is -0.469 e. The van der Waals surface area contributed by atoms with Crippen LogP contribution in [0.1, 0.15) is 121 Å². The molecule has 11 aliphatic rings. The molecule has 6 aliphatic heterocycles. The van der Waals surface area contributed by atoms with Gasteiger partial charge in [0, 0.05) is 47.4 Å². The van der Waals surface area contributed by atoms with Crippen LogP contribution in [0, 0.1) is 74.9 Å². The number of aliphatic hydroxyl groups excluding tert-OH is 4. The Bertz CT molecular complexity index is 2500. The van der Waals surface area contributed by atoms with Gasteiger partial charge in [-0.05, 0) is 150 Å². The molecule has 0 amide bonds. The van der Waals surface area contributed by atoms with Crippen molar-refractivity contribution in [1.29, 1.82) is 0 Å². The molecule has 2 aromatic rings. The maximum Gasteiger partial charge on any atom is 0.339 e. The molecule has 72 heavy (non-hydrogen) atoms. The SMILES string of the molecule is CC1(C)O[C@H]2[C@@]3(CC[C@@H](CO)C3)C(=O)OC[C@@]23[C@@H]1C(=O)[C@@H](O)[C@]1([C@H]2CCC[C@H](Cc4ccccc4)C2)[C@@H]3CC[C@@]2(C)[C@H](c3ccoc3C[C@@H]([C@@H]3CC[C@H]4[C@H](C=CN5CNC[C@@H]45)C3)[C@H](O)CO)OC(=O)[C@H]3O[C@@]312. The van der Waals surface area contributed by atoms with E-state index in [2.05, 4.69) is 53.7 Å². The van der Waals surface area contributed by atoms with Gasteiger partial charge in [0.1, 0.15) is 30.2 Å². The van der Waals surface area contributed by atoms with Gasteiger partial charge in [0.05, 0.1) is 48.7 Å². The van der Waals surface area contributed by atoms with Gasteiger partial charge in [-0.1, -0.05) is 56.2 Å². The van der Waals surface area contributed by atoms with Crippen LogP contribution in [0.25, 0.3) is 0 Å². The molecular formula is C58H76N2O12. The number of ether oxygens (including phenoxy) is 4. The smallest absolute Gasteiger partial charge is 0.339 e. The maximum atomic E-state index is 16.1. The fourth-order valence-corrected chi connectivity index (χ4v) is 19.7. The fourth-order valence-electron chi connectivity index (χ4n) is 19.7. The number of benzene rings is 1. The van der Waals surface area contributed by atoms with E-state index >= 15 is 9.59 Å². The largest absolute Gasteiger partial charge is 0.469 e. The molecule has 3 spiro atoms. The third kappa shape index (κ3) is 6.35. The highest BCUT2D eigenvalue weighted by molar-refractivity contribution is 5.93. The summed E-state index contributed by atoms with van der Waals surface area (Å²) in [6.45, 7) is 7.33. The predicted molar refractivity (Wildman–Crippen MR) is 260 cm³/mol. The number of carbonyl (C=O) groups is 3. The molecule has 5 aliphatic carbocycles. The van der Waals surface area contributed by atoms with Gasteiger partial charge in [0.2, 0.25) is 0 Å². The number of fused-ring (bicyclic) bond motifs is 5. The summed E-state index contributed by atoms with van der Waals surface area (Å²) in [6.07, 6.45) is 10.8. The second-order valence-electron chi connectivity index (χ2n) is 25.7. The topological polar surface area (TPSA) is 201 Å². The van der Waals surface area contributed by atoms with Crippen molar-refractivity contribution in [2.75, 3.05) is 33.0 Å². The Morgan fingerprint density at radius 2 is 1.75 bits per heavy atom. The first-order valence-electron chi connectivity index (χ1n) is 27.8. The normalized spacial score (nSPS) is 47.2. The molecule has 0 unspecified atom stereocenters. The number of furan rings is 1. The van der Waals surface area contributed by atoms with Crippen molar-refractivity contribution in [3.05, 3.63) is 71.8 Å². The Hall–Kier alpha value is -3.63. The molecule has 5 N–H and O–H groups in total. The number of carbonyl (C=O) groups excluding carboxylic acids is 3. The number of allylic oxidation sites excluding steroid dienone is 1. The number of cyclic esters (lactones) is 2. The number of hydrogen-bond donors (Lipinski definition) is 5. The summed E-state index contributed by atoms with van der Waals surface area (Å²) < 4.78 is 34.1. The molecule has 5 saturated heterocycles. The maximum absolute atomic E-state index is 16.1. The summed E-state index contributed by atoms with van der Waals surface area (Å²) in [5.41, 5.74) is -4.94. The van der Waals surface area contributed by atoms with E-state index in [1.165, 1.54) is 5.56 Å². The van der Waals surface area contributed by atoms with Gasteiger partial charge < -0.3 is 48.7 Å². The van der Waals surface area contributed by atoms with E-state index < -0.39 is 81.2 Å². The van der Waals surface area contributed by atoms with Crippen molar-refractivity contribution in [2.24, 2.45) is 74.9 Å². The molecule has 10 fully saturated rings. The minimum absolute atomic E-state index is 0.0403. The Balaban J connectivity index is 0.921. The number of nitrogens with zero attached hydrogens (tertiary/aromatic N) is 1. The summed E-state index contributed by atoms with van der Waals surface area (Å²) in [4.78, 5) is 48.1. The zero-order valence-corrected chi connectivity index (χ0v) is 42.3. The van der Waals surface area contributed by atoms with Crippen molar-refractivity contribution in [3.8, 4) is 0 Å². The lowest BCUT2D eigenvalue weighted by atomic mass is 9.32. The molecule has 1 aromatic heterocycles. The van der Waals surface area contributed by atoms with Crippen LogP contribution in [0.15, 0.2) is 59.4 Å². The highest BCUT2D eigenvalue weighted by atomic mass is 16.7. The first-order valence-corrected chi connectivity index (χ1v) is 27.8. The van der Waals surface area contributed by atoms with E-state index in [1.54, 1.807) is 6.26 Å². The molecule has 14 heteroatoms. The van der Waals surface area contributed by atoms with Crippen molar-refractivity contribution in [3.63, 3.8) is 0 Å². The van der Waals surface area contributed by atoms with Gasteiger partial charge in [0.15, 0.2) is 11.9 Å². The average molecular weight is 993 g/mol. The van der Waals surface area contributed by atoms with Crippen molar-refractivity contribution >= 4 is 17.7 Å². The van der Waals surface area contributed by atoms with Crippen LogP contribution in [0.3, 0.4) is 0 Å². The van der Waals surface area contributed by atoms with E-state index in [1.807, 2.05) is 26.0 Å². The van der Waals surface area contributed by atoms with E-state index in [4.69, 9.17) is 23.4 Å². The highest BCUT2D eigenvalue weighted by Gasteiger charge is 2.93. The number of Topliss-reactive ketones (excluding diaryl/α,β-unsaturated/α-hetero) is 1. The summed E-state index contributed by atoms with van der Waals surface area (Å²) >= 11 is 0. The lowest BCUT2D eigenvalue weighted by Crippen LogP contribution is -2.80. The third-order valence-corrected chi connectivity index (χ3v) is 22.4. The molecular weight excluding hydrogens is 917 g/mol. The Morgan fingerprint density at radius 1 is 0.917 bits per heavy atom. The fraction of sp³-hybridized carbons (Fsp3) is 0.741. The average Bonchev–Trinajstić information content (AvgIpc) is 3.78. The molecule has 13 rings (SSSR count). The van der Waals surface area contributed by atoms with E-state index in [-0.39, 0.29) is 61.2 Å². The van der Waals surface area contributed by atoms with Crippen LogP contribution in [-0.4, -0.2) is 118 Å². The molecule has 5 saturated carbocycles. The Labute approximate surface area is 422 Å². The second-order valence-corrected chi connectivity index (χ2v) is 25.7. The summed E-state index contributed by atoms with van der Waals surface area (Å²) in [6, 6.07) is 12.8. The monoisotopic (exact) mass is 993 g/mol. The van der Waals surface area contributed by atoms with Crippen LogP contribution in [0.2, 0.25) is 0 Å². The van der Waals surface area contributed by atoms with Crippen molar-refractivity contribution < 1.29 is 58.2 Å². The zero-order chi connectivity index (χ0) is 49.7. The van der Waals surface area contributed by atoms with Gasteiger partial charge in [-0.15, -0.1) is 0 Å². The first kappa shape index (κ1) is 48.0. The number of nitrogens with one attached hydrogen (secondary N) is 1. The number of esters is 2. The van der Waals surface area contributed by atoms with E-state index in [0.717, 1.165) is 58.2 Å². The molecule has 14 nitrogen and oxygen atoms in total. The zero-order valence-electron chi connectivity index (χ0n) is 42.3. The Morgan fingerprint density at radius 3 is 2.54 bits per heavy atom. The van der Waals surface area contributed by atoms with Gasteiger partial charge in [0.25, 0.3) is 0 Å². The quantitative estimate of drug-likeness (QED) is 0.141. The number of ketones is 1. The van der Waals surface area contributed by atoms with Crippen molar-refractivity contribution in [1.82, 2.24) is 10.2 Å². The van der Waals surface area contributed by atoms with Gasteiger partial charge >= 0.3 is 11.9 Å². The van der Waals surface area contributed by atoms with E-state index in [0.29, 0.717) is 74.1 Å². The number of aliphatic hydroxyl groups is 4. The molecule has 1 aromatic carbocycles. The minimum atomic E-state index is -1.53. The lowest BCUT2D eigenvalue weighted by Gasteiger charge is -2.70. The van der Waals surface area contributed by atoms with Gasteiger partial charge in [-0.25, -0.2) is 4.79 Å². The first-order chi connectivity index (χ1) is 34.7. The predicted octanol–water partition coefficient (Wildman–Crippen LogP) is 5.83. The molecule has 390 valence electrons. The van der Waals surface area contributed by atoms with Gasteiger partial charge in [-0.2, -0.15) is 0 Å². The summed E-state index contributed by atoms with van der Waals surface area (Å²) in [7, 11) is 0. The number of hydrogen-bond acceptors (Lipinski definition) is 14. The van der Waals surface area contributed by atoms with Crippen molar-refractivity contribution in [2.45, 2.75) is 158 Å². The lowest BCUT2D eigenvalue weighted by molar-refractivity contribution is -0.285.